The number of carbonyl (C=O) groups is 2. The molecule has 1 amide bonds. The van der Waals surface area contributed by atoms with Gasteiger partial charge in [-0.15, -0.1) is 0 Å². The molecular formula is C67H127N2O7P. The maximum atomic E-state index is 13.5. The van der Waals surface area contributed by atoms with Gasteiger partial charge in [-0.2, -0.15) is 0 Å². The van der Waals surface area contributed by atoms with Gasteiger partial charge in [0.2, 0.25) is 5.91 Å². The molecule has 77 heavy (non-hydrogen) atoms. The molecule has 0 bridgehead atoms. The molecule has 10 heteroatoms. The number of ether oxygens (including phenoxy) is 1. The van der Waals surface area contributed by atoms with Crippen molar-refractivity contribution in [1.29, 1.82) is 0 Å². The van der Waals surface area contributed by atoms with E-state index in [-0.39, 0.29) is 31.5 Å². The zero-order valence-corrected chi connectivity index (χ0v) is 52.6. The van der Waals surface area contributed by atoms with Crippen LogP contribution in [0.5, 0.6) is 0 Å². The van der Waals surface area contributed by atoms with Crippen molar-refractivity contribution in [3.63, 3.8) is 0 Å². The van der Waals surface area contributed by atoms with Crippen molar-refractivity contribution in [3.05, 3.63) is 48.6 Å². The van der Waals surface area contributed by atoms with Crippen molar-refractivity contribution in [3.8, 4) is 0 Å². The summed E-state index contributed by atoms with van der Waals surface area (Å²) < 4.78 is 30.4. The Morgan fingerprint density at radius 3 is 1.21 bits per heavy atom. The van der Waals surface area contributed by atoms with Crippen molar-refractivity contribution in [2.45, 2.75) is 328 Å². The third kappa shape index (κ3) is 58.4. The number of allylic oxidation sites excluding steroid dienone is 7. The predicted octanol–water partition coefficient (Wildman–Crippen LogP) is 19.8. The van der Waals surface area contributed by atoms with Gasteiger partial charge in [0.05, 0.1) is 33.8 Å². The van der Waals surface area contributed by atoms with Gasteiger partial charge < -0.3 is 28.5 Å². The monoisotopic (exact) mass is 1100 g/mol. The maximum Gasteiger partial charge on any atom is 0.306 e. The summed E-state index contributed by atoms with van der Waals surface area (Å²) in [6.07, 6.45) is 70.7. The lowest BCUT2D eigenvalue weighted by Gasteiger charge is -2.30. The molecule has 0 saturated heterocycles. The molecule has 0 aromatic carbocycles. The van der Waals surface area contributed by atoms with E-state index in [0.717, 1.165) is 70.6 Å². The van der Waals surface area contributed by atoms with Gasteiger partial charge in [-0.25, -0.2) is 0 Å². The smallest absolute Gasteiger partial charge is 0.306 e. The molecule has 0 saturated carbocycles. The van der Waals surface area contributed by atoms with E-state index in [9.17, 15) is 19.0 Å². The van der Waals surface area contributed by atoms with Crippen molar-refractivity contribution in [2.24, 2.45) is 0 Å². The van der Waals surface area contributed by atoms with Crippen molar-refractivity contribution in [1.82, 2.24) is 5.32 Å². The van der Waals surface area contributed by atoms with Crippen LogP contribution in [0.3, 0.4) is 0 Å². The topological polar surface area (TPSA) is 114 Å². The summed E-state index contributed by atoms with van der Waals surface area (Å²) >= 11 is 0. The molecule has 0 aromatic heterocycles. The molecule has 0 rings (SSSR count). The molecular weight excluding hydrogens is 976 g/mol. The van der Waals surface area contributed by atoms with Crippen LogP contribution in [0.4, 0.5) is 0 Å². The van der Waals surface area contributed by atoms with E-state index in [2.05, 4.69) is 62.5 Å². The Bertz CT molecular complexity index is 1460. The van der Waals surface area contributed by atoms with Gasteiger partial charge in [-0.05, 0) is 70.3 Å². The SMILES string of the molecule is CCCCC/C=C\C/C=C\C/C=C\CCCCCCCCCCCCC(=O)OC(/C=C/CCCCCCCCCCCCC)C(COP(=O)([O-])OCC[N+](C)(C)C)NC(=O)CCCCCCCCCCCCCCCCC. The first kappa shape index (κ1) is 75.0. The van der Waals surface area contributed by atoms with Crippen LogP contribution in [0, 0.1) is 0 Å². The second kappa shape index (κ2) is 57.2. The second-order valence-electron chi connectivity index (χ2n) is 23.6. The maximum absolute atomic E-state index is 13.5. The summed E-state index contributed by atoms with van der Waals surface area (Å²) in [5.41, 5.74) is 0. The molecule has 3 unspecified atom stereocenters. The van der Waals surface area contributed by atoms with Crippen molar-refractivity contribution < 1.29 is 37.3 Å². The number of amides is 1. The highest BCUT2D eigenvalue weighted by atomic mass is 31.2. The predicted molar refractivity (Wildman–Crippen MR) is 330 cm³/mol. The van der Waals surface area contributed by atoms with E-state index in [0.29, 0.717) is 17.4 Å². The summed E-state index contributed by atoms with van der Waals surface area (Å²) in [6.45, 7) is 6.85. The average molecular weight is 1100 g/mol. The number of carbonyl (C=O) groups excluding carboxylic acids is 2. The minimum absolute atomic E-state index is 0.0213. The van der Waals surface area contributed by atoms with Crippen LogP contribution in [0.1, 0.15) is 316 Å². The lowest BCUT2D eigenvalue weighted by atomic mass is 10.0. The van der Waals surface area contributed by atoms with E-state index in [1.54, 1.807) is 0 Å². The summed E-state index contributed by atoms with van der Waals surface area (Å²) in [7, 11) is 1.19. The van der Waals surface area contributed by atoms with Gasteiger partial charge >= 0.3 is 5.97 Å². The number of nitrogens with one attached hydrogen (secondary N) is 1. The van der Waals surface area contributed by atoms with Crippen LogP contribution in [0.2, 0.25) is 0 Å². The fourth-order valence-electron chi connectivity index (χ4n) is 9.65. The number of phosphoric ester groups is 1. The quantitative estimate of drug-likeness (QED) is 0.0212. The number of likely N-dealkylation sites (N-methyl/N-ethyl adjacent to an activating group) is 1. The standard InChI is InChI=1S/C67H127N2O7P/c1-7-10-13-16-19-22-25-28-30-31-32-33-34-35-36-37-39-42-45-48-51-54-57-60-67(71)76-65(58-55-52-49-46-43-40-27-24-21-18-15-12-9-3)64(63-75-77(72,73)74-62-61-69(4,5)6)68-66(70)59-56-53-50-47-44-41-38-29-26-23-20-17-14-11-8-2/h19,22,28,30,32-33,55,58,64-65H,7-18,20-21,23-27,29,31,34-54,56-57,59-63H2,1-6H3,(H-,68,70,72,73)/b22-19-,30-28-,33-32-,58-55+. The summed E-state index contributed by atoms with van der Waals surface area (Å²) in [6, 6.07) is -0.887. The van der Waals surface area contributed by atoms with E-state index in [4.69, 9.17) is 13.8 Å². The van der Waals surface area contributed by atoms with E-state index >= 15 is 0 Å². The van der Waals surface area contributed by atoms with Crippen molar-refractivity contribution in [2.75, 3.05) is 40.9 Å². The van der Waals surface area contributed by atoms with Gasteiger partial charge in [-0.3, -0.25) is 14.2 Å². The zero-order valence-electron chi connectivity index (χ0n) is 51.7. The number of nitrogens with zero attached hydrogens (tertiary/aromatic N) is 1. The van der Waals surface area contributed by atoms with Gasteiger partial charge in [-0.1, -0.05) is 282 Å². The molecule has 3 atom stereocenters. The van der Waals surface area contributed by atoms with Crippen molar-refractivity contribution >= 4 is 19.7 Å². The Kier molecular flexibility index (Phi) is 55.7. The number of esters is 1. The van der Waals surface area contributed by atoms with Crippen LogP contribution in [-0.4, -0.2) is 69.4 Å². The largest absolute Gasteiger partial charge is 0.756 e. The number of hydrogen-bond donors (Lipinski definition) is 1. The lowest BCUT2D eigenvalue weighted by molar-refractivity contribution is -0.870. The first-order chi connectivity index (χ1) is 37.4. The molecule has 0 aliphatic heterocycles. The summed E-state index contributed by atoms with van der Waals surface area (Å²) in [5, 5.41) is 3.04. The minimum atomic E-state index is -4.70. The molecule has 0 aliphatic rings. The van der Waals surface area contributed by atoms with Crippen LogP contribution >= 0.6 is 7.82 Å². The number of unbranched alkanes of at least 4 members (excludes halogenated alkanes) is 38. The first-order valence-electron chi connectivity index (χ1n) is 32.9. The summed E-state index contributed by atoms with van der Waals surface area (Å²) in [5.74, 6) is -0.532. The molecule has 0 radical (unpaired) electrons. The normalized spacial score (nSPS) is 13.9. The Balaban J connectivity index is 5.17. The zero-order chi connectivity index (χ0) is 56.4. The fraction of sp³-hybridized carbons (Fsp3) is 0.851. The number of rotatable bonds is 60. The lowest BCUT2D eigenvalue weighted by Crippen LogP contribution is -2.47. The minimum Gasteiger partial charge on any atom is -0.756 e. The van der Waals surface area contributed by atoms with E-state index < -0.39 is 20.0 Å². The molecule has 0 spiro atoms. The number of hydrogen-bond acceptors (Lipinski definition) is 7. The highest BCUT2D eigenvalue weighted by Crippen LogP contribution is 2.38. The Morgan fingerprint density at radius 2 is 0.792 bits per heavy atom. The third-order valence-corrected chi connectivity index (χ3v) is 15.7. The molecule has 0 aromatic rings. The average Bonchev–Trinajstić information content (AvgIpc) is 3.39. The second-order valence-corrected chi connectivity index (χ2v) is 25.0. The third-order valence-electron chi connectivity index (χ3n) is 14.8. The van der Waals surface area contributed by atoms with Crippen LogP contribution in [-0.2, 0) is 27.9 Å². The molecule has 452 valence electrons. The highest BCUT2D eigenvalue weighted by Gasteiger charge is 2.27. The highest BCUT2D eigenvalue weighted by molar-refractivity contribution is 7.45. The van der Waals surface area contributed by atoms with Crippen LogP contribution in [0.15, 0.2) is 48.6 Å². The van der Waals surface area contributed by atoms with E-state index in [1.165, 1.54) is 212 Å². The fourth-order valence-corrected chi connectivity index (χ4v) is 10.4. The van der Waals surface area contributed by atoms with Gasteiger partial charge in [0.1, 0.15) is 19.3 Å². The van der Waals surface area contributed by atoms with Crippen LogP contribution in [0.25, 0.3) is 0 Å². The van der Waals surface area contributed by atoms with Crippen LogP contribution < -0.4 is 10.2 Å². The number of quaternary nitrogens is 1. The Labute approximate surface area is 478 Å². The Morgan fingerprint density at radius 1 is 0.455 bits per heavy atom. The molecule has 0 fully saturated rings. The summed E-state index contributed by atoms with van der Waals surface area (Å²) in [4.78, 5) is 40.1. The van der Waals surface area contributed by atoms with Gasteiger partial charge in [0, 0.05) is 12.8 Å². The molecule has 0 aliphatic carbocycles. The molecule has 9 nitrogen and oxygen atoms in total. The van der Waals surface area contributed by atoms with Gasteiger partial charge in [0.25, 0.3) is 7.82 Å². The first-order valence-corrected chi connectivity index (χ1v) is 34.4. The molecule has 0 heterocycles. The van der Waals surface area contributed by atoms with Gasteiger partial charge in [0.15, 0.2) is 0 Å². The Hall–Kier alpha value is -2.03. The number of phosphoric acid groups is 1. The van der Waals surface area contributed by atoms with E-state index in [1.807, 2.05) is 33.3 Å². The molecule has 1 N–H and O–H groups in total.